The first-order valence-electron chi connectivity index (χ1n) is 8.46. The van der Waals surface area contributed by atoms with E-state index in [9.17, 15) is 13.2 Å². The van der Waals surface area contributed by atoms with E-state index in [-0.39, 0.29) is 24.0 Å². The lowest BCUT2D eigenvalue weighted by Gasteiger charge is -2.08. The van der Waals surface area contributed by atoms with E-state index in [4.69, 9.17) is 9.47 Å². The molecule has 0 spiro atoms. The van der Waals surface area contributed by atoms with Gasteiger partial charge in [0.1, 0.15) is 5.75 Å². The number of ether oxygens (including phenoxy) is 2. The van der Waals surface area contributed by atoms with E-state index < -0.39 is 10.0 Å². The van der Waals surface area contributed by atoms with Gasteiger partial charge in [-0.05, 0) is 48.4 Å². The molecule has 27 heavy (non-hydrogen) atoms. The first kappa shape index (κ1) is 20.9. The number of nitrogens with one attached hydrogen (secondary N) is 2. The van der Waals surface area contributed by atoms with Crippen molar-refractivity contribution in [3.05, 3.63) is 59.7 Å². The number of benzene rings is 2. The predicted octanol–water partition coefficient (Wildman–Crippen LogP) is 1.59. The molecule has 0 aromatic heterocycles. The molecule has 2 rings (SSSR count). The number of sulfonamides is 1. The summed E-state index contributed by atoms with van der Waals surface area (Å²) in [5, 5.41) is 2.82. The first-order chi connectivity index (χ1) is 13.0. The predicted molar refractivity (Wildman–Crippen MR) is 103 cm³/mol. The maximum atomic E-state index is 12.2. The van der Waals surface area contributed by atoms with Crippen LogP contribution in [-0.2, 0) is 21.2 Å². The SMILES string of the molecule is COCCNS(=O)(=O)c1ccc(C(=O)NCCc2ccc(OC)cc2)cc1. The summed E-state index contributed by atoms with van der Waals surface area (Å²) < 4.78 is 36.5. The Morgan fingerprint density at radius 3 is 2.22 bits per heavy atom. The molecule has 0 radical (unpaired) electrons. The van der Waals surface area contributed by atoms with Gasteiger partial charge in [-0.2, -0.15) is 0 Å². The van der Waals surface area contributed by atoms with Crippen LogP contribution in [0.1, 0.15) is 15.9 Å². The molecule has 0 aliphatic heterocycles. The van der Waals surface area contributed by atoms with Crippen LogP contribution in [0.15, 0.2) is 53.4 Å². The van der Waals surface area contributed by atoms with Gasteiger partial charge in [0.2, 0.25) is 10.0 Å². The van der Waals surface area contributed by atoms with Gasteiger partial charge in [0.15, 0.2) is 0 Å². The lowest BCUT2D eigenvalue weighted by Crippen LogP contribution is -2.28. The molecule has 0 unspecified atom stereocenters. The van der Waals surface area contributed by atoms with Crippen molar-refractivity contribution >= 4 is 15.9 Å². The van der Waals surface area contributed by atoms with Crippen molar-refractivity contribution < 1.29 is 22.7 Å². The average molecular weight is 392 g/mol. The molecule has 0 aliphatic carbocycles. The zero-order chi connectivity index (χ0) is 19.7. The van der Waals surface area contributed by atoms with Gasteiger partial charge in [-0.15, -0.1) is 0 Å². The molecule has 2 aromatic carbocycles. The van der Waals surface area contributed by atoms with Crippen LogP contribution in [0.5, 0.6) is 5.75 Å². The van der Waals surface area contributed by atoms with E-state index in [1.807, 2.05) is 24.3 Å². The molecule has 0 saturated heterocycles. The van der Waals surface area contributed by atoms with Crippen molar-refractivity contribution in [3.63, 3.8) is 0 Å². The fraction of sp³-hybridized carbons (Fsp3) is 0.316. The maximum Gasteiger partial charge on any atom is 0.251 e. The van der Waals surface area contributed by atoms with Crippen LogP contribution in [-0.4, -0.2) is 48.2 Å². The molecule has 0 fully saturated rings. The Labute approximate surface area is 159 Å². The fourth-order valence-corrected chi connectivity index (χ4v) is 3.37. The zero-order valence-corrected chi connectivity index (χ0v) is 16.2. The van der Waals surface area contributed by atoms with E-state index >= 15 is 0 Å². The van der Waals surface area contributed by atoms with Crippen LogP contribution >= 0.6 is 0 Å². The number of hydrogen-bond donors (Lipinski definition) is 2. The molecular formula is C19H24N2O5S. The van der Waals surface area contributed by atoms with Gasteiger partial charge in [-0.3, -0.25) is 4.79 Å². The average Bonchev–Trinajstić information content (AvgIpc) is 2.68. The molecular weight excluding hydrogens is 368 g/mol. The number of hydrogen-bond acceptors (Lipinski definition) is 5. The van der Waals surface area contributed by atoms with E-state index in [0.717, 1.165) is 11.3 Å². The summed E-state index contributed by atoms with van der Waals surface area (Å²) >= 11 is 0. The second-order valence-electron chi connectivity index (χ2n) is 5.77. The number of methoxy groups -OCH3 is 2. The molecule has 0 atom stereocenters. The summed E-state index contributed by atoms with van der Waals surface area (Å²) in [7, 11) is -0.497. The van der Waals surface area contributed by atoms with Crippen molar-refractivity contribution in [1.82, 2.24) is 10.0 Å². The number of rotatable bonds is 10. The van der Waals surface area contributed by atoms with E-state index in [0.29, 0.717) is 18.5 Å². The Bertz CT molecular complexity index is 833. The standard InChI is InChI=1S/C19H24N2O5S/c1-25-14-13-21-27(23,24)18-9-5-16(6-10-18)19(22)20-12-11-15-3-7-17(26-2)8-4-15/h3-10,21H,11-14H2,1-2H3,(H,20,22). The van der Waals surface area contributed by atoms with Crippen LogP contribution in [0.25, 0.3) is 0 Å². The Balaban J connectivity index is 1.87. The van der Waals surface area contributed by atoms with Crippen molar-refractivity contribution in [2.75, 3.05) is 33.9 Å². The largest absolute Gasteiger partial charge is 0.497 e. The van der Waals surface area contributed by atoms with Gasteiger partial charge in [0.05, 0.1) is 18.6 Å². The number of carbonyl (C=O) groups excluding carboxylic acids is 1. The summed E-state index contributed by atoms with van der Waals surface area (Å²) in [4.78, 5) is 12.3. The van der Waals surface area contributed by atoms with Crippen LogP contribution < -0.4 is 14.8 Å². The summed E-state index contributed by atoms with van der Waals surface area (Å²) in [5.41, 5.74) is 1.49. The summed E-state index contributed by atoms with van der Waals surface area (Å²) in [6, 6.07) is 13.4. The molecule has 1 amide bonds. The second kappa shape index (κ2) is 10.1. The third kappa shape index (κ3) is 6.35. The highest BCUT2D eigenvalue weighted by Crippen LogP contribution is 2.12. The minimum atomic E-state index is -3.61. The molecule has 0 heterocycles. The monoisotopic (exact) mass is 392 g/mol. The highest BCUT2D eigenvalue weighted by molar-refractivity contribution is 7.89. The number of carbonyl (C=O) groups is 1. The van der Waals surface area contributed by atoms with E-state index in [1.165, 1.54) is 31.4 Å². The van der Waals surface area contributed by atoms with Crippen molar-refractivity contribution in [2.24, 2.45) is 0 Å². The van der Waals surface area contributed by atoms with Gasteiger partial charge in [-0.1, -0.05) is 12.1 Å². The lowest BCUT2D eigenvalue weighted by atomic mass is 10.1. The molecule has 2 aromatic rings. The summed E-state index contributed by atoms with van der Waals surface area (Å²) in [6.07, 6.45) is 0.686. The second-order valence-corrected chi connectivity index (χ2v) is 7.54. The van der Waals surface area contributed by atoms with Gasteiger partial charge < -0.3 is 14.8 Å². The zero-order valence-electron chi connectivity index (χ0n) is 15.4. The van der Waals surface area contributed by atoms with Crippen molar-refractivity contribution in [2.45, 2.75) is 11.3 Å². The Kier molecular flexibility index (Phi) is 7.78. The highest BCUT2D eigenvalue weighted by Gasteiger charge is 2.14. The van der Waals surface area contributed by atoms with E-state index in [2.05, 4.69) is 10.0 Å². The number of amides is 1. The Morgan fingerprint density at radius 2 is 1.63 bits per heavy atom. The summed E-state index contributed by atoms with van der Waals surface area (Å²) in [5.74, 6) is 0.536. The molecule has 0 bridgehead atoms. The molecule has 8 heteroatoms. The molecule has 2 N–H and O–H groups in total. The van der Waals surface area contributed by atoms with Crippen LogP contribution in [0.2, 0.25) is 0 Å². The molecule has 7 nitrogen and oxygen atoms in total. The summed E-state index contributed by atoms with van der Waals surface area (Å²) in [6.45, 7) is 0.949. The normalized spacial score (nSPS) is 11.2. The highest BCUT2D eigenvalue weighted by atomic mass is 32.2. The van der Waals surface area contributed by atoms with E-state index in [1.54, 1.807) is 7.11 Å². The van der Waals surface area contributed by atoms with Gasteiger partial charge >= 0.3 is 0 Å². The quantitative estimate of drug-likeness (QED) is 0.599. The third-order valence-corrected chi connectivity index (χ3v) is 5.36. The fourth-order valence-electron chi connectivity index (χ4n) is 2.36. The van der Waals surface area contributed by atoms with Crippen molar-refractivity contribution in [1.29, 1.82) is 0 Å². The van der Waals surface area contributed by atoms with Crippen LogP contribution in [0, 0.1) is 0 Å². The maximum absolute atomic E-state index is 12.2. The minimum Gasteiger partial charge on any atom is -0.497 e. The third-order valence-electron chi connectivity index (χ3n) is 3.88. The van der Waals surface area contributed by atoms with Crippen molar-refractivity contribution in [3.8, 4) is 5.75 Å². The van der Waals surface area contributed by atoms with Gasteiger partial charge in [0.25, 0.3) is 5.91 Å². The van der Waals surface area contributed by atoms with Crippen LogP contribution in [0.3, 0.4) is 0 Å². The molecule has 0 aliphatic rings. The Morgan fingerprint density at radius 1 is 0.963 bits per heavy atom. The van der Waals surface area contributed by atoms with Gasteiger partial charge in [-0.25, -0.2) is 13.1 Å². The smallest absolute Gasteiger partial charge is 0.251 e. The first-order valence-corrected chi connectivity index (χ1v) is 9.94. The lowest BCUT2D eigenvalue weighted by molar-refractivity contribution is 0.0954. The van der Waals surface area contributed by atoms with Crippen LogP contribution in [0.4, 0.5) is 0 Å². The Hall–Kier alpha value is -2.42. The molecule has 0 saturated carbocycles. The molecule has 146 valence electrons. The minimum absolute atomic E-state index is 0.105. The topological polar surface area (TPSA) is 93.7 Å². The van der Waals surface area contributed by atoms with Gasteiger partial charge in [0, 0.05) is 25.8 Å².